The molecule has 1 nitrogen and oxygen atoms in total. The first kappa shape index (κ1) is 13.6. The Kier molecular flexibility index (Phi) is 4.45. The lowest BCUT2D eigenvalue weighted by Crippen LogP contribution is -2.38. The highest BCUT2D eigenvalue weighted by molar-refractivity contribution is 5.32. The average Bonchev–Trinajstić information content (AvgIpc) is 2.33. The van der Waals surface area contributed by atoms with Gasteiger partial charge in [-0.25, -0.2) is 0 Å². The van der Waals surface area contributed by atoms with Crippen molar-refractivity contribution in [1.29, 1.82) is 0 Å². The maximum absolute atomic E-state index is 3.78. The molecule has 0 aliphatic heterocycles. The minimum Gasteiger partial charge on any atom is -0.310 e. The van der Waals surface area contributed by atoms with Crippen LogP contribution in [0.1, 0.15) is 49.8 Å². The fraction of sp³-hybridized carbons (Fsp3) is 0.647. The fourth-order valence-electron chi connectivity index (χ4n) is 3.21. The van der Waals surface area contributed by atoms with Crippen molar-refractivity contribution in [3.63, 3.8) is 0 Å². The van der Waals surface area contributed by atoms with Crippen LogP contribution >= 0.6 is 0 Å². The third kappa shape index (κ3) is 3.14. The summed E-state index contributed by atoms with van der Waals surface area (Å²) in [7, 11) is 0. The van der Waals surface area contributed by atoms with Gasteiger partial charge in [0.2, 0.25) is 0 Å². The molecule has 0 aromatic heterocycles. The molecule has 3 unspecified atom stereocenters. The van der Waals surface area contributed by atoms with Gasteiger partial charge in [-0.1, -0.05) is 32.0 Å². The summed E-state index contributed by atoms with van der Waals surface area (Å²) in [5.41, 5.74) is 4.31. The van der Waals surface area contributed by atoms with E-state index in [0.29, 0.717) is 6.04 Å². The number of hydrogen-bond donors (Lipinski definition) is 1. The van der Waals surface area contributed by atoms with E-state index in [0.717, 1.165) is 18.4 Å². The van der Waals surface area contributed by atoms with Crippen LogP contribution in [-0.2, 0) is 6.54 Å². The van der Waals surface area contributed by atoms with Crippen LogP contribution in [0.2, 0.25) is 0 Å². The van der Waals surface area contributed by atoms with E-state index >= 15 is 0 Å². The Morgan fingerprint density at radius 2 is 1.94 bits per heavy atom. The topological polar surface area (TPSA) is 12.0 Å². The monoisotopic (exact) mass is 245 g/mol. The molecule has 1 aromatic carbocycles. The maximum atomic E-state index is 3.78. The van der Waals surface area contributed by atoms with E-state index in [9.17, 15) is 0 Å². The molecule has 1 aromatic rings. The number of hydrogen-bond acceptors (Lipinski definition) is 1. The molecule has 1 fully saturated rings. The van der Waals surface area contributed by atoms with E-state index in [2.05, 4.69) is 51.2 Å². The molecule has 1 aliphatic carbocycles. The Labute approximate surface area is 112 Å². The number of rotatable bonds is 3. The minimum absolute atomic E-state index is 0.709. The van der Waals surface area contributed by atoms with Gasteiger partial charge in [-0.2, -0.15) is 0 Å². The Morgan fingerprint density at radius 3 is 2.67 bits per heavy atom. The van der Waals surface area contributed by atoms with Crippen molar-refractivity contribution in [2.45, 2.75) is 59.5 Å². The molecule has 100 valence electrons. The molecule has 1 aliphatic rings. The average molecular weight is 245 g/mol. The second kappa shape index (κ2) is 5.88. The van der Waals surface area contributed by atoms with Gasteiger partial charge in [-0.3, -0.25) is 0 Å². The molecule has 1 saturated carbocycles. The van der Waals surface area contributed by atoms with Crippen molar-refractivity contribution in [2.24, 2.45) is 11.8 Å². The molecule has 0 heterocycles. The summed E-state index contributed by atoms with van der Waals surface area (Å²) in [5.74, 6) is 1.73. The molecule has 0 spiro atoms. The zero-order chi connectivity index (χ0) is 13.1. The second-order valence-electron chi connectivity index (χ2n) is 6.24. The fourth-order valence-corrected chi connectivity index (χ4v) is 3.21. The first-order valence-electron chi connectivity index (χ1n) is 7.36. The lowest BCUT2D eigenvalue weighted by molar-refractivity contribution is 0.227. The highest BCUT2D eigenvalue weighted by atomic mass is 14.9. The Balaban J connectivity index is 1.93. The molecule has 3 atom stereocenters. The summed E-state index contributed by atoms with van der Waals surface area (Å²) in [6.45, 7) is 10.2. The standard InChI is InChI=1S/C17H27N/c1-12-8-9-17(14(3)10-12)18-11-16-7-5-6-13(2)15(16)4/h5-7,12,14,17-18H,8-11H2,1-4H3. The largest absolute Gasteiger partial charge is 0.310 e. The first-order chi connectivity index (χ1) is 8.58. The van der Waals surface area contributed by atoms with Crippen LogP contribution in [0.4, 0.5) is 0 Å². The number of aryl methyl sites for hydroxylation is 1. The molecule has 1 N–H and O–H groups in total. The van der Waals surface area contributed by atoms with Crippen LogP contribution in [-0.4, -0.2) is 6.04 Å². The van der Waals surface area contributed by atoms with E-state index in [1.165, 1.54) is 36.0 Å². The summed E-state index contributed by atoms with van der Waals surface area (Å²) in [5, 5.41) is 3.78. The van der Waals surface area contributed by atoms with Gasteiger partial charge in [0, 0.05) is 12.6 Å². The number of nitrogens with one attached hydrogen (secondary N) is 1. The van der Waals surface area contributed by atoms with Gasteiger partial charge in [-0.15, -0.1) is 0 Å². The van der Waals surface area contributed by atoms with Crippen LogP contribution in [0.25, 0.3) is 0 Å². The summed E-state index contributed by atoms with van der Waals surface area (Å²) in [6, 6.07) is 7.34. The third-order valence-corrected chi connectivity index (χ3v) is 4.70. The predicted molar refractivity (Wildman–Crippen MR) is 78.7 cm³/mol. The van der Waals surface area contributed by atoms with Crippen molar-refractivity contribution < 1.29 is 0 Å². The smallest absolute Gasteiger partial charge is 0.0210 e. The lowest BCUT2D eigenvalue weighted by atomic mass is 9.80. The molecule has 0 bridgehead atoms. The molecule has 1 heteroatoms. The normalized spacial score (nSPS) is 28.3. The molecule has 0 radical (unpaired) electrons. The quantitative estimate of drug-likeness (QED) is 0.841. The van der Waals surface area contributed by atoms with E-state index in [-0.39, 0.29) is 0 Å². The Bertz CT molecular complexity index is 397. The predicted octanol–water partition coefficient (Wildman–Crippen LogP) is 4.22. The van der Waals surface area contributed by atoms with Crippen molar-refractivity contribution >= 4 is 0 Å². The first-order valence-corrected chi connectivity index (χ1v) is 7.36. The van der Waals surface area contributed by atoms with Crippen LogP contribution in [0.3, 0.4) is 0 Å². The highest BCUT2D eigenvalue weighted by Gasteiger charge is 2.24. The van der Waals surface area contributed by atoms with Gasteiger partial charge in [0.15, 0.2) is 0 Å². The van der Waals surface area contributed by atoms with E-state index in [1.807, 2.05) is 0 Å². The van der Waals surface area contributed by atoms with E-state index in [1.54, 1.807) is 0 Å². The van der Waals surface area contributed by atoms with Crippen molar-refractivity contribution in [1.82, 2.24) is 5.32 Å². The maximum Gasteiger partial charge on any atom is 0.0210 e. The lowest BCUT2D eigenvalue weighted by Gasteiger charge is -2.33. The van der Waals surface area contributed by atoms with Crippen LogP contribution in [0.15, 0.2) is 18.2 Å². The molecular weight excluding hydrogens is 218 g/mol. The van der Waals surface area contributed by atoms with Crippen molar-refractivity contribution in [2.75, 3.05) is 0 Å². The Hall–Kier alpha value is -0.820. The van der Waals surface area contributed by atoms with Crippen molar-refractivity contribution in [3.8, 4) is 0 Å². The molecular formula is C17H27N. The zero-order valence-corrected chi connectivity index (χ0v) is 12.3. The van der Waals surface area contributed by atoms with Gasteiger partial charge in [0.25, 0.3) is 0 Å². The number of benzene rings is 1. The summed E-state index contributed by atoms with van der Waals surface area (Å²) < 4.78 is 0. The molecule has 2 rings (SSSR count). The van der Waals surface area contributed by atoms with Crippen LogP contribution in [0.5, 0.6) is 0 Å². The Morgan fingerprint density at radius 1 is 1.17 bits per heavy atom. The summed E-state index contributed by atoms with van der Waals surface area (Å²) >= 11 is 0. The SMILES string of the molecule is Cc1cccc(CNC2CCC(C)CC2C)c1C. The van der Waals surface area contributed by atoms with Crippen LogP contribution in [0, 0.1) is 25.7 Å². The van der Waals surface area contributed by atoms with E-state index < -0.39 is 0 Å². The minimum atomic E-state index is 0.709. The summed E-state index contributed by atoms with van der Waals surface area (Å²) in [6.07, 6.45) is 4.10. The van der Waals surface area contributed by atoms with Crippen LogP contribution < -0.4 is 5.32 Å². The van der Waals surface area contributed by atoms with Gasteiger partial charge < -0.3 is 5.32 Å². The molecule has 18 heavy (non-hydrogen) atoms. The van der Waals surface area contributed by atoms with Crippen molar-refractivity contribution in [3.05, 3.63) is 34.9 Å². The third-order valence-electron chi connectivity index (χ3n) is 4.70. The van der Waals surface area contributed by atoms with Gasteiger partial charge in [-0.05, 0) is 61.6 Å². The zero-order valence-electron chi connectivity index (χ0n) is 12.3. The molecule has 0 amide bonds. The summed E-state index contributed by atoms with van der Waals surface area (Å²) in [4.78, 5) is 0. The van der Waals surface area contributed by atoms with Gasteiger partial charge >= 0.3 is 0 Å². The van der Waals surface area contributed by atoms with E-state index in [4.69, 9.17) is 0 Å². The molecule has 0 saturated heterocycles. The van der Waals surface area contributed by atoms with Gasteiger partial charge in [0.05, 0.1) is 0 Å². The second-order valence-corrected chi connectivity index (χ2v) is 6.24. The highest BCUT2D eigenvalue weighted by Crippen LogP contribution is 2.28. The van der Waals surface area contributed by atoms with Gasteiger partial charge in [0.1, 0.15) is 0 Å².